The summed E-state index contributed by atoms with van der Waals surface area (Å²) in [6.45, 7) is -0.0868. The number of H-pyrrole nitrogens is 1. The summed E-state index contributed by atoms with van der Waals surface area (Å²) in [6.07, 6.45) is -2.89. The molecule has 1 heterocycles. The van der Waals surface area contributed by atoms with Gasteiger partial charge in [-0.1, -0.05) is 12.1 Å². The summed E-state index contributed by atoms with van der Waals surface area (Å²) in [5.74, 6) is -0.662. The predicted molar refractivity (Wildman–Crippen MR) is 74.0 cm³/mol. The van der Waals surface area contributed by atoms with Crippen LogP contribution in [0.1, 0.15) is 11.1 Å². The van der Waals surface area contributed by atoms with Crippen LogP contribution in [0.5, 0.6) is 5.75 Å². The summed E-state index contributed by atoms with van der Waals surface area (Å²) in [5, 5.41) is 0.587. The molecule has 3 aromatic rings. The number of rotatable bonds is 3. The van der Waals surface area contributed by atoms with Crippen molar-refractivity contribution in [1.29, 1.82) is 0 Å². The molecule has 22 heavy (non-hydrogen) atoms. The van der Waals surface area contributed by atoms with Crippen molar-refractivity contribution in [3.63, 3.8) is 0 Å². The van der Waals surface area contributed by atoms with E-state index in [2.05, 4.69) is 4.98 Å². The lowest BCUT2D eigenvalue weighted by atomic mass is 10.1. The third-order valence-corrected chi connectivity index (χ3v) is 3.31. The van der Waals surface area contributed by atoms with Gasteiger partial charge in [-0.2, -0.15) is 13.2 Å². The number of para-hydroxylation sites is 1. The normalized spacial score (nSPS) is 11.8. The Bertz CT molecular complexity index is 807. The van der Waals surface area contributed by atoms with Crippen LogP contribution in [-0.2, 0) is 12.8 Å². The van der Waals surface area contributed by atoms with Crippen LogP contribution in [-0.4, -0.2) is 4.98 Å². The molecule has 0 aliphatic rings. The summed E-state index contributed by atoms with van der Waals surface area (Å²) < 4.78 is 57.2. The van der Waals surface area contributed by atoms with Crippen LogP contribution in [0.4, 0.5) is 17.6 Å². The molecule has 2 nitrogen and oxygen atoms in total. The number of benzene rings is 2. The number of aromatic nitrogens is 1. The van der Waals surface area contributed by atoms with E-state index in [0.717, 1.165) is 6.07 Å². The Balaban J connectivity index is 1.87. The summed E-state index contributed by atoms with van der Waals surface area (Å²) >= 11 is 0. The van der Waals surface area contributed by atoms with Gasteiger partial charge in [-0.3, -0.25) is 0 Å². The number of hydrogen-bond donors (Lipinski definition) is 1. The highest BCUT2D eigenvalue weighted by Gasteiger charge is 2.34. The van der Waals surface area contributed by atoms with Crippen molar-refractivity contribution in [3.05, 3.63) is 65.6 Å². The van der Waals surface area contributed by atoms with E-state index in [4.69, 9.17) is 4.74 Å². The lowest BCUT2D eigenvalue weighted by Crippen LogP contribution is -2.08. The molecule has 0 saturated heterocycles. The van der Waals surface area contributed by atoms with Crippen molar-refractivity contribution in [2.75, 3.05) is 0 Å². The summed E-state index contributed by atoms with van der Waals surface area (Å²) in [4.78, 5) is 2.93. The van der Waals surface area contributed by atoms with Crippen LogP contribution < -0.4 is 4.74 Å². The van der Waals surface area contributed by atoms with Crippen LogP contribution in [0.2, 0.25) is 0 Å². The molecule has 6 heteroatoms. The van der Waals surface area contributed by atoms with Crippen molar-refractivity contribution in [1.82, 2.24) is 4.98 Å². The molecule has 0 saturated carbocycles. The first kappa shape index (κ1) is 14.4. The zero-order valence-corrected chi connectivity index (χ0v) is 11.2. The average Bonchev–Trinajstić information content (AvgIpc) is 2.87. The molecule has 114 valence electrons. The number of alkyl halides is 3. The van der Waals surface area contributed by atoms with E-state index < -0.39 is 17.6 Å². The highest BCUT2D eigenvalue weighted by molar-refractivity contribution is 5.83. The first-order valence-corrected chi connectivity index (χ1v) is 6.50. The molecule has 0 spiro atoms. The van der Waals surface area contributed by atoms with Gasteiger partial charge in [0.15, 0.2) is 0 Å². The summed E-state index contributed by atoms with van der Waals surface area (Å²) in [7, 11) is 0. The van der Waals surface area contributed by atoms with Gasteiger partial charge in [0.05, 0.1) is 5.56 Å². The highest BCUT2D eigenvalue weighted by Crippen LogP contribution is 2.36. The van der Waals surface area contributed by atoms with E-state index in [9.17, 15) is 17.6 Å². The van der Waals surface area contributed by atoms with Crippen molar-refractivity contribution >= 4 is 10.9 Å². The molecule has 2 aromatic carbocycles. The third kappa shape index (κ3) is 2.77. The fourth-order valence-corrected chi connectivity index (χ4v) is 2.25. The standard InChI is InChI=1S/C16H11F4NO/c17-11-5-6-14-12(7-11)10(8-21-14)9-22-15-4-2-1-3-13(15)16(18,19)20/h1-8,21H,9H2. The van der Waals surface area contributed by atoms with Crippen LogP contribution in [0, 0.1) is 5.82 Å². The maximum absolute atomic E-state index is 13.3. The van der Waals surface area contributed by atoms with Crippen LogP contribution in [0.3, 0.4) is 0 Å². The molecule has 0 aliphatic carbocycles. The van der Waals surface area contributed by atoms with E-state index >= 15 is 0 Å². The smallest absolute Gasteiger partial charge is 0.419 e. The van der Waals surface area contributed by atoms with Gasteiger partial charge in [0.1, 0.15) is 18.2 Å². The molecule has 0 bridgehead atoms. The molecule has 0 radical (unpaired) electrons. The first-order chi connectivity index (χ1) is 10.4. The van der Waals surface area contributed by atoms with Crippen molar-refractivity contribution in [2.45, 2.75) is 12.8 Å². The largest absolute Gasteiger partial charge is 0.488 e. The molecule has 0 aliphatic heterocycles. The Labute approximate surface area is 123 Å². The van der Waals surface area contributed by atoms with Crippen molar-refractivity contribution in [2.24, 2.45) is 0 Å². The third-order valence-electron chi connectivity index (χ3n) is 3.31. The van der Waals surface area contributed by atoms with Gasteiger partial charge in [0, 0.05) is 22.7 Å². The van der Waals surface area contributed by atoms with Crippen LogP contribution in [0.25, 0.3) is 10.9 Å². The van der Waals surface area contributed by atoms with E-state index in [1.807, 2.05) is 0 Å². The Morgan fingerprint density at radius 1 is 1.05 bits per heavy atom. The number of ether oxygens (including phenoxy) is 1. The minimum Gasteiger partial charge on any atom is -0.488 e. The van der Waals surface area contributed by atoms with Crippen LogP contribution in [0.15, 0.2) is 48.7 Å². The number of fused-ring (bicyclic) bond motifs is 1. The Hall–Kier alpha value is -2.50. The quantitative estimate of drug-likeness (QED) is 0.684. The zero-order valence-electron chi connectivity index (χ0n) is 11.2. The lowest BCUT2D eigenvalue weighted by Gasteiger charge is -2.13. The minimum atomic E-state index is -4.48. The Morgan fingerprint density at radius 3 is 2.59 bits per heavy atom. The molecule has 0 unspecified atom stereocenters. The van der Waals surface area contributed by atoms with E-state index in [-0.39, 0.29) is 12.4 Å². The molecular weight excluding hydrogens is 298 g/mol. The summed E-state index contributed by atoms with van der Waals surface area (Å²) in [5.41, 5.74) is 0.455. The SMILES string of the molecule is Fc1ccc2[nH]cc(COc3ccccc3C(F)(F)F)c2c1. The van der Waals surface area contributed by atoms with Gasteiger partial charge in [-0.15, -0.1) is 0 Å². The van der Waals surface area contributed by atoms with Gasteiger partial charge < -0.3 is 9.72 Å². The lowest BCUT2D eigenvalue weighted by molar-refractivity contribution is -0.139. The Kier molecular flexibility index (Phi) is 3.52. The monoisotopic (exact) mass is 309 g/mol. The van der Waals surface area contributed by atoms with E-state index in [0.29, 0.717) is 16.5 Å². The maximum atomic E-state index is 13.3. The number of hydrogen-bond acceptors (Lipinski definition) is 1. The fraction of sp³-hybridized carbons (Fsp3) is 0.125. The zero-order chi connectivity index (χ0) is 15.7. The molecule has 1 aromatic heterocycles. The van der Waals surface area contributed by atoms with Gasteiger partial charge in [-0.05, 0) is 30.3 Å². The Morgan fingerprint density at radius 2 is 1.82 bits per heavy atom. The first-order valence-electron chi connectivity index (χ1n) is 6.50. The summed E-state index contributed by atoms with van der Waals surface area (Å²) in [6, 6.07) is 9.19. The highest BCUT2D eigenvalue weighted by atomic mass is 19.4. The van der Waals surface area contributed by atoms with E-state index in [1.165, 1.54) is 30.3 Å². The van der Waals surface area contributed by atoms with Gasteiger partial charge in [0.25, 0.3) is 0 Å². The maximum Gasteiger partial charge on any atom is 0.419 e. The predicted octanol–water partition coefficient (Wildman–Crippen LogP) is 4.90. The topological polar surface area (TPSA) is 25.0 Å². The number of nitrogens with one attached hydrogen (secondary N) is 1. The second-order valence-electron chi connectivity index (χ2n) is 4.79. The van der Waals surface area contributed by atoms with E-state index in [1.54, 1.807) is 12.3 Å². The minimum absolute atomic E-state index is 0.0868. The van der Waals surface area contributed by atoms with Gasteiger partial charge in [0.2, 0.25) is 0 Å². The van der Waals surface area contributed by atoms with Crippen molar-refractivity contribution < 1.29 is 22.3 Å². The molecule has 0 atom stereocenters. The number of halogens is 4. The van der Waals surface area contributed by atoms with Crippen molar-refractivity contribution in [3.8, 4) is 5.75 Å². The van der Waals surface area contributed by atoms with Gasteiger partial charge in [-0.25, -0.2) is 4.39 Å². The molecule has 3 rings (SSSR count). The van der Waals surface area contributed by atoms with Crippen LogP contribution >= 0.6 is 0 Å². The molecule has 0 amide bonds. The fourth-order valence-electron chi connectivity index (χ4n) is 2.25. The second-order valence-corrected chi connectivity index (χ2v) is 4.79. The molecular formula is C16H11F4NO. The van der Waals surface area contributed by atoms with Gasteiger partial charge >= 0.3 is 6.18 Å². The second kappa shape index (κ2) is 5.36. The molecule has 0 fully saturated rings. The molecule has 1 N–H and O–H groups in total. The average molecular weight is 309 g/mol. The number of aromatic amines is 1.